The van der Waals surface area contributed by atoms with E-state index in [1.54, 1.807) is 0 Å². The summed E-state index contributed by atoms with van der Waals surface area (Å²) in [6, 6.07) is 0. The highest BCUT2D eigenvalue weighted by Gasteiger charge is 1.94. The van der Waals surface area contributed by atoms with E-state index in [2.05, 4.69) is 13.8 Å². The van der Waals surface area contributed by atoms with E-state index in [1.165, 1.54) is 12.8 Å². The highest BCUT2D eigenvalue weighted by Crippen LogP contribution is 1.90. The molecule has 0 spiro atoms. The Hall–Kier alpha value is -0.120. The molecule has 3 heteroatoms. The molecule has 0 aliphatic carbocycles. The molecule has 0 unspecified atom stereocenters. The van der Waals surface area contributed by atoms with Gasteiger partial charge in [0.15, 0.2) is 6.29 Å². The van der Waals surface area contributed by atoms with Gasteiger partial charge in [0.25, 0.3) is 0 Å². The summed E-state index contributed by atoms with van der Waals surface area (Å²) >= 11 is 0. The number of rotatable bonds is 5. The second-order valence-electron chi connectivity index (χ2n) is 2.48. The fourth-order valence-corrected chi connectivity index (χ4v) is 0.518. The lowest BCUT2D eigenvalue weighted by atomic mass is 10.4. The van der Waals surface area contributed by atoms with Crippen molar-refractivity contribution in [3.8, 4) is 0 Å². The van der Waals surface area contributed by atoms with Gasteiger partial charge in [0, 0.05) is 13.2 Å². The number of unbranched alkanes of at least 4 members (excludes halogenated alkanes) is 1. The van der Waals surface area contributed by atoms with E-state index in [1.807, 2.05) is 20.8 Å². The van der Waals surface area contributed by atoms with Crippen LogP contribution in [0.3, 0.4) is 0 Å². The van der Waals surface area contributed by atoms with Crippen LogP contribution < -0.4 is 6.15 Å². The van der Waals surface area contributed by atoms with Crippen LogP contribution in [0.5, 0.6) is 0 Å². The first-order valence-corrected chi connectivity index (χ1v) is 4.95. The summed E-state index contributed by atoms with van der Waals surface area (Å²) in [6.07, 6.45) is 2.60. The Labute approximate surface area is 83.4 Å². The first kappa shape index (κ1) is 18.6. The Morgan fingerprint density at radius 2 is 1.15 bits per heavy atom. The maximum atomic E-state index is 5.06. The van der Waals surface area contributed by atoms with Crippen LogP contribution >= 0.6 is 0 Å². The fraction of sp³-hybridized carbons (Fsp3) is 1.00. The van der Waals surface area contributed by atoms with Gasteiger partial charge >= 0.3 is 0 Å². The molecule has 13 heavy (non-hydrogen) atoms. The first-order chi connectivity index (χ1) is 5.72. The molecule has 0 radical (unpaired) electrons. The lowest BCUT2D eigenvalue weighted by Crippen LogP contribution is -2.11. The zero-order valence-corrected chi connectivity index (χ0v) is 9.93. The number of hydrogen-bond donors (Lipinski definition) is 1. The van der Waals surface area contributed by atoms with Gasteiger partial charge in [0.1, 0.15) is 0 Å². The molecular formula is C10H27NO2. The number of ether oxygens (including phenoxy) is 2. The first-order valence-electron chi connectivity index (χ1n) is 4.95. The maximum Gasteiger partial charge on any atom is 0.154 e. The van der Waals surface area contributed by atoms with Gasteiger partial charge in [-0.3, -0.25) is 0 Å². The van der Waals surface area contributed by atoms with Gasteiger partial charge in [0.2, 0.25) is 0 Å². The Kier molecular flexibility index (Phi) is 25.5. The van der Waals surface area contributed by atoms with Crippen molar-refractivity contribution in [2.24, 2.45) is 0 Å². The van der Waals surface area contributed by atoms with E-state index in [0.29, 0.717) is 0 Å². The van der Waals surface area contributed by atoms with Gasteiger partial charge in [-0.15, -0.1) is 0 Å². The van der Waals surface area contributed by atoms with Gasteiger partial charge in [-0.2, -0.15) is 0 Å². The second-order valence-corrected chi connectivity index (χ2v) is 2.48. The van der Waals surface area contributed by atoms with E-state index in [4.69, 9.17) is 9.47 Å². The Bertz CT molecular complexity index is 61.9. The third kappa shape index (κ3) is 24.5. The smallest absolute Gasteiger partial charge is 0.154 e. The van der Waals surface area contributed by atoms with Gasteiger partial charge in [-0.25, -0.2) is 0 Å². The average molecular weight is 193 g/mol. The Morgan fingerprint density at radius 3 is 1.31 bits per heavy atom. The molecule has 0 amide bonds. The second kappa shape index (κ2) is 17.8. The molecule has 0 aromatic rings. The molecule has 0 rings (SSSR count). The minimum atomic E-state index is -0.0370. The Morgan fingerprint density at radius 1 is 0.846 bits per heavy atom. The van der Waals surface area contributed by atoms with Crippen LogP contribution in [0.15, 0.2) is 0 Å². The molecule has 0 heterocycles. The summed E-state index contributed by atoms with van der Waals surface area (Å²) in [7, 11) is 0. The fourth-order valence-electron chi connectivity index (χ4n) is 0.518. The van der Waals surface area contributed by atoms with E-state index >= 15 is 0 Å². The molecule has 0 bridgehead atoms. The summed E-state index contributed by atoms with van der Waals surface area (Å²) < 4.78 is 10.1. The van der Waals surface area contributed by atoms with E-state index in [-0.39, 0.29) is 12.4 Å². The van der Waals surface area contributed by atoms with Crippen LogP contribution in [0.1, 0.15) is 47.5 Å². The SMILES string of the molecule is CCCC.CCOC(C)OCC.N. The largest absolute Gasteiger partial charge is 0.353 e. The van der Waals surface area contributed by atoms with E-state index in [0.717, 1.165) is 13.2 Å². The van der Waals surface area contributed by atoms with Gasteiger partial charge in [-0.05, 0) is 20.8 Å². The molecular weight excluding hydrogens is 166 g/mol. The monoisotopic (exact) mass is 193 g/mol. The average Bonchev–Trinajstić information content (AvgIpc) is 2.06. The number of hydrogen-bond acceptors (Lipinski definition) is 3. The summed E-state index contributed by atoms with van der Waals surface area (Å²) in [6.45, 7) is 11.6. The topological polar surface area (TPSA) is 53.5 Å². The lowest BCUT2D eigenvalue weighted by Gasteiger charge is -2.09. The van der Waals surface area contributed by atoms with Crippen molar-refractivity contribution in [2.75, 3.05) is 13.2 Å². The molecule has 0 saturated heterocycles. The molecule has 0 aromatic heterocycles. The third-order valence-corrected chi connectivity index (χ3v) is 1.30. The standard InChI is InChI=1S/C6H14O2.C4H10.H3N/c1-4-7-6(3)8-5-2;1-3-4-2;/h6H,4-5H2,1-3H3;3-4H2,1-2H3;1H3. The minimum absolute atomic E-state index is 0. The zero-order valence-electron chi connectivity index (χ0n) is 9.93. The van der Waals surface area contributed by atoms with Crippen LogP contribution in [0.4, 0.5) is 0 Å². The van der Waals surface area contributed by atoms with Crippen LogP contribution in [-0.4, -0.2) is 19.5 Å². The van der Waals surface area contributed by atoms with E-state index in [9.17, 15) is 0 Å². The predicted octanol–water partition coefficient (Wildman–Crippen LogP) is 3.37. The lowest BCUT2D eigenvalue weighted by molar-refractivity contribution is -0.123. The zero-order chi connectivity index (χ0) is 9.82. The summed E-state index contributed by atoms with van der Waals surface area (Å²) in [5, 5.41) is 0. The summed E-state index contributed by atoms with van der Waals surface area (Å²) in [5.74, 6) is 0. The van der Waals surface area contributed by atoms with Crippen molar-refractivity contribution in [3.63, 3.8) is 0 Å². The van der Waals surface area contributed by atoms with Crippen LogP contribution in [0.2, 0.25) is 0 Å². The molecule has 0 aliphatic rings. The van der Waals surface area contributed by atoms with Crippen LogP contribution in [0, 0.1) is 0 Å². The highest BCUT2D eigenvalue weighted by atomic mass is 16.7. The van der Waals surface area contributed by atoms with E-state index < -0.39 is 0 Å². The summed E-state index contributed by atoms with van der Waals surface area (Å²) in [4.78, 5) is 0. The molecule has 0 aromatic carbocycles. The third-order valence-electron chi connectivity index (χ3n) is 1.30. The van der Waals surface area contributed by atoms with Crippen molar-refractivity contribution in [3.05, 3.63) is 0 Å². The molecule has 0 fully saturated rings. The van der Waals surface area contributed by atoms with Gasteiger partial charge in [0.05, 0.1) is 0 Å². The van der Waals surface area contributed by atoms with Crippen molar-refractivity contribution >= 4 is 0 Å². The maximum absolute atomic E-state index is 5.06. The molecule has 3 nitrogen and oxygen atoms in total. The van der Waals surface area contributed by atoms with Gasteiger partial charge in [-0.1, -0.05) is 26.7 Å². The molecule has 3 N–H and O–H groups in total. The summed E-state index contributed by atoms with van der Waals surface area (Å²) in [5.41, 5.74) is 0. The Balaban J connectivity index is -0.000000173. The minimum Gasteiger partial charge on any atom is -0.353 e. The molecule has 84 valence electrons. The quantitative estimate of drug-likeness (QED) is 0.681. The predicted molar refractivity (Wildman–Crippen MR) is 58.3 cm³/mol. The van der Waals surface area contributed by atoms with Crippen LogP contribution in [0.25, 0.3) is 0 Å². The van der Waals surface area contributed by atoms with Crippen molar-refractivity contribution in [1.29, 1.82) is 0 Å². The molecule has 0 aliphatic heterocycles. The molecule has 0 atom stereocenters. The van der Waals surface area contributed by atoms with Crippen molar-refractivity contribution < 1.29 is 9.47 Å². The van der Waals surface area contributed by atoms with Crippen molar-refractivity contribution in [2.45, 2.75) is 53.8 Å². The molecule has 0 saturated carbocycles. The van der Waals surface area contributed by atoms with Gasteiger partial charge < -0.3 is 15.6 Å². The highest BCUT2D eigenvalue weighted by molar-refractivity contribution is 4.26. The van der Waals surface area contributed by atoms with Crippen molar-refractivity contribution in [1.82, 2.24) is 6.15 Å². The van der Waals surface area contributed by atoms with Crippen LogP contribution in [-0.2, 0) is 9.47 Å². The normalized spacial score (nSPS) is 8.77.